The van der Waals surface area contributed by atoms with Crippen molar-refractivity contribution < 1.29 is 10.2 Å². The summed E-state index contributed by atoms with van der Waals surface area (Å²) in [5, 5.41) is 19.3. The van der Waals surface area contributed by atoms with E-state index in [0.717, 1.165) is 64.2 Å². The molecule has 2 heteroatoms. The molecule has 0 saturated heterocycles. The summed E-state index contributed by atoms with van der Waals surface area (Å²) < 4.78 is 0. The zero-order valence-corrected chi connectivity index (χ0v) is 31.6. The molecule has 0 aromatic heterocycles. The highest BCUT2D eigenvalue weighted by Crippen LogP contribution is 2.14. The molecule has 2 atom stereocenters. The molecule has 0 radical (unpaired) electrons. The van der Waals surface area contributed by atoms with Crippen molar-refractivity contribution in [3.05, 3.63) is 36.5 Å². The van der Waals surface area contributed by atoms with E-state index in [9.17, 15) is 10.2 Å². The Hall–Kier alpha value is -2.62. The lowest BCUT2D eigenvalue weighted by molar-refractivity contribution is 0.217. The van der Waals surface area contributed by atoms with E-state index in [4.69, 9.17) is 12.8 Å². The van der Waals surface area contributed by atoms with Crippen LogP contribution in [0.15, 0.2) is 36.5 Å². The lowest BCUT2D eigenvalue weighted by Crippen LogP contribution is -2.01. The first-order valence-corrected chi connectivity index (χ1v) is 20.4. The minimum absolute atomic E-state index is 0.587. The number of aliphatic hydroxyl groups is 2. The van der Waals surface area contributed by atoms with Gasteiger partial charge in [-0.05, 0) is 96.0 Å². The van der Waals surface area contributed by atoms with Crippen LogP contribution in [0.2, 0.25) is 0 Å². The number of hydrogen-bond donors (Lipinski definition) is 2. The quantitative estimate of drug-likeness (QED) is 0.0414. The van der Waals surface area contributed by atoms with Crippen molar-refractivity contribution in [3.63, 3.8) is 0 Å². The molecule has 0 bridgehead atoms. The van der Waals surface area contributed by atoms with Crippen molar-refractivity contribution in [3.8, 4) is 48.4 Å². The lowest BCUT2D eigenvalue weighted by atomic mass is 10.0. The standard InChI is InChI=1S/C47H74O2/c1-3-5-6-7-8-9-10-11-12-13-14-15-16-17-18-19-20-21-22-23-24-25-26-27-28-29-30-31-35-38-41-44-47(49)45-42-39-36-33-32-34-37-40-43-46(48)4-2/h1-2,5-6,22-23,28-29,46-49H,7-21,24-27,30-40,43H2/b6-5-,23-22-,29-28-/t46-,47+/m1/s1. The first-order chi connectivity index (χ1) is 24.2. The van der Waals surface area contributed by atoms with E-state index in [1.54, 1.807) is 0 Å². The van der Waals surface area contributed by atoms with Crippen LogP contribution >= 0.6 is 0 Å². The second-order valence-electron chi connectivity index (χ2n) is 13.6. The number of aliphatic hydroxyl groups excluding tert-OH is 2. The van der Waals surface area contributed by atoms with Crippen LogP contribution in [0.4, 0.5) is 0 Å². The summed E-state index contributed by atoms with van der Waals surface area (Å²) in [6.45, 7) is 0. The smallest absolute Gasteiger partial charge is 0.176 e. The number of allylic oxidation sites excluding steroid dienone is 6. The topological polar surface area (TPSA) is 40.5 Å². The SMILES string of the molecule is C#C/C=C\CCCCCCCCCCCCCCC/C=C\CCCC/C=C\CCCCC#C[C@H](O)C#CCCCCCCCC[C@H](O)C#C. The maximum absolute atomic E-state index is 9.92. The van der Waals surface area contributed by atoms with Gasteiger partial charge >= 0.3 is 0 Å². The molecule has 0 fully saturated rings. The third-order valence-electron chi connectivity index (χ3n) is 8.90. The summed E-state index contributed by atoms with van der Waals surface area (Å²) in [5.74, 6) is 16.8. The first kappa shape index (κ1) is 46.4. The minimum atomic E-state index is -0.822. The van der Waals surface area contributed by atoms with Crippen LogP contribution in [-0.4, -0.2) is 22.4 Å². The van der Waals surface area contributed by atoms with Gasteiger partial charge in [0.15, 0.2) is 6.10 Å². The van der Waals surface area contributed by atoms with Gasteiger partial charge < -0.3 is 10.2 Å². The first-order valence-electron chi connectivity index (χ1n) is 20.4. The fourth-order valence-corrected chi connectivity index (χ4v) is 5.81. The fraction of sp³-hybridized carbons (Fsp3) is 0.702. The number of unbranched alkanes of at least 4 members (excludes halogenated alkanes) is 26. The van der Waals surface area contributed by atoms with Crippen LogP contribution in [0, 0.1) is 48.4 Å². The molecule has 49 heavy (non-hydrogen) atoms. The van der Waals surface area contributed by atoms with Gasteiger partial charge in [-0.25, -0.2) is 0 Å². The third kappa shape index (κ3) is 41.5. The summed E-state index contributed by atoms with van der Waals surface area (Å²) in [6, 6.07) is 0. The van der Waals surface area contributed by atoms with Crippen LogP contribution < -0.4 is 0 Å². The van der Waals surface area contributed by atoms with E-state index in [-0.39, 0.29) is 0 Å². The van der Waals surface area contributed by atoms with Crippen LogP contribution in [0.5, 0.6) is 0 Å². The molecular formula is C47H74O2. The zero-order chi connectivity index (χ0) is 35.6. The predicted octanol–water partition coefficient (Wildman–Crippen LogP) is 12.7. The molecule has 0 aliphatic carbocycles. The lowest BCUT2D eigenvalue weighted by Gasteiger charge is -2.03. The van der Waals surface area contributed by atoms with Gasteiger partial charge in [0.05, 0.1) is 0 Å². The molecule has 2 nitrogen and oxygen atoms in total. The van der Waals surface area contributed by atoms with E-state index >= 15 is 0 Å². The minimum Gasteiger partial charge on any atom is -0.380 e. The molecule has 2 N–H and O–H groups in total. The molecule has 0 aromatic carbocycles. The van der Waals surface area contributed by atoms with Gasteiger partial charge in [-0.15, -0.1) is 12.8 Å². The highest BCUT2D eigenvalue weighted by molar-refractivity contribution is 5.19. The molecule has 0 saturated carbocycles. The molecule has 274 valence electrons. The van der Waals surface area contributed by atoms with Crippen molar-refractivity contribution in [1.29, 1.82) is 0 Å². The Morgan fingerprint density at radius 2 is 0.735 bits per heavy atom. The fourth-order valence-electron chi connectivity index (χ4n) is 5.81. The molecule has 0 aliphatic rings. The van der Waals surface area contributed by atoms with E-state index in [2.05, 4.69) is 65.9 Å². The van der Waals surface area contributed by atoms with E-state index in [0.29, 0.717) is 6.42 Å². The highest BCUT2D eigenvalue weighted by Gasteiger charge is 1.98. The average molecular weight is 671 g/mol. The van der Waals surface area contributed by atoms with Gasteiger partial charge in [0, 0.05) is 12.8 Å². The van der Waals surface area contributed by atoms with Gasteiger partial charge in [-0.2, -0.15) is 0 Å². The number of rotatable bonds is 33. The Balaban J connectivity index is 3.38. The molecule has 0 rings (SSSR count). The third-order valence-corrected chi connectivity index (χ3v) is 8.90. The van der Waals surface area contributed by atoms with E-state index in [1.807, 2.05) is 6.08 Å². The molecule has 0 amide bonds. The second-order valence-corrected chi connectivity index (χ2v) is 13.6. The molecule has 0 unspecified atom stereocenters. The van der Waals surface area contributed by atoms with Crippen molar-refractivity contribution in [2.45, 2.75) is 211 Å². The Bertz CT molecular complexity index is 995. The number of hydrogen-bond acceptors (Lipinski definition) is 2. The molecular weight excluding hydrogens is 597 g/mol. The highest BCUT2D eigenvalue weighted by atomic mass is 16.3. The molecule has 0 heterocycles. The molecule has 0 aliphatic heterocycles. The molecule has 0 aromatic rings. The van der Waals surface area contributed by atoms with Crippen LogP contribution in [-0.2, 0) is 0 Å². The van der Waals surface area contributed by atoms with Gasteiger partial charge in [-0.3, -0.25) is 0 Å². The molecule has 0 spiro atoms. The largest absolute Gasteiger partial charge is 0.380 e. The van der Waals surface area contributed by atoms with Gasteiger partial charge in [-0.1, -0.05) is 162 Å². The predicted molar refractivity (Wildman–Crippen MR) is 216 cm³/mol. The summed E-state index contributed by atoms with van der Waals surface area (Å²) in [4.78, 5) is 0. The van der Waals surface area contributed by atoms with Crippen LogP contribution in [0.1, 0.15) is 199 Å². The summed E-state index contributed by atoms with van der Waals surface area (Å²) in [7, 11) is 0. The van der Waals surface area contributed by atoms with E-state index < -0.39 is 12.2 Å². The summed E-state index contributed by atoms with van der Waals surface area (Å²) >= 11 is 0. The van der Waals surface area contributed by atoms with Crippen LogP contribution in [0.25, 0.3) is 0 Å². The zero-order valence-electron chi connectivity index (χ0n) is 31.6. The summed E-state index contributed by atoms with van der Waals surface area (Å²) in [5.41, 5.74) is 0. The van der Waals surface area contributed by atoms with Crippen molar-refractivity contribution in [1.82, 2.24) is 0 Å². The van der Waals surface area contributed by atoms with Gasteiger partial charge in [0.1, 0.15) is 6.10 Å². The normalized spacial score (nSPS) is 12.4. The monoisotopic (exact) mass is 671 g/mol. The Labute approximate surface area is 305 Å². The van der Waals surface area contributed by atoms with Crippen molar-refractivity contribution in [2.24, 2.45) is 0 Å². The Morgan fingerprint density at radius 1 is 0.408 bits per heavy atom. The van der Waals surface area contributed by atoms with Crippen molar-refractivity contribution >= 4 is 0 Å². The summed E-state index contributed by atoms with van der Waals surface area (Å²) in [6.07, 6.45) is 60.1. The van der Waals surface area contributed by atoms with Crippen LogP contribution in [0.3, 0.4) is 0 Å². The number of terminal acetylenes is 2. The Morgan fingerprint density at radius 3 is 1.16 bits per heavy atom. The van der Waals surface area contributed by atoms with Crippen molar-refractivity contribution in [2.75, 3.05) is 0 Å². The van der Waals surface area contributed by atoms with E-state index in [1.165, 1.54) is 128 Å². The second kappa shape index (κ2) is 41.6. The maximum Gasteiger partial charge on any atom is 0.176 e. The Kier molecular flexibility index (Phi) is 39.3. The maximum atomic E-state index is 9.92. The average Bonchev–Trinajstić information content (AvgIpc) is 3.11. The van der Waals surface area contributed by atoms with Gasteiger partial charge in [0.25, 0.3) is 0 Å². The van der Waals surface area contributed by atoms with Gasteiger partial charge in [0.2, 0.25) is 0 Å².